The molecule has 2 aromatic carbocycles. The van der Waals surface area contributed by atoms with E-state index in [1.54, 1.807) is 43.0 Å². The average Bonchev–Trinajstić information content (AvgIpc) is 3.68. The molecule has 1 saturated heterocycles. The number of hydrogen-bond donors (Lipinski definition) is 3. The fourth-order valence-corrected chi connectivity index (χ4v) is 5.55. The Morgan fingerprint density at radius 1 is 1.00 bits per heavy atom. The number of nitrogens with one attached hydrogen (secondary N) is 2. The summed E-state index contributed by atoms with van der Waals surface area (Å²) in [4.78, 5) is 53.7. The normalized spacial score (nSPS) is 14.0. The van der Waals surface area contributed by atoms with E-state index in [-0.39, 0.29) is 31.1 Å². The summed E-state index contributed by atoms with van der Waals surface area (Å²) in [5, 5.41) is 19.4. The van der Waals surface area contributed by atoms with Gasteiger partial charge in [0.15, 0.2) is 0 Å². The number of carbonyl (C=O) groups is 4. The zero-order chi connectivity index (χ0) is 28.7. The van der Waals surface area contributed by atoms with Crippen molar-refractivity contribution in [2.24, 2.45) is 5.41 Å². The van der Waals surface area contributed by atoms with Gasteiger partial charge in [0.1, 0.15) is 22.0 Å². The Balaban J connectivity index is 1.42. The van der Waals surface area contributed by atoms with Crippen LogP contribution in [-0.2, 0) is 20.8 Å². The maximum atomic E-state index is 13.4. The summed E-state index contributed by atoms with van der Waals surface area (Å²) in [7, 11) is 0. The minimum Gasteiger partial charge on any atom is -0.480 e. The number of nitrogens with zero attached hydrogens (tertiary/aromatic N) is 3. The number of aromatic nitrogens is 2. The van der Waals surface area contributed by atoms with Gasteiger partial charge < -0.3 is 20.6 Å². The van der Waals surface area contributed by atoms with Crippen molar-refractivity contribution in [1.29, 1.82) is 0 Å². The number of carboxylic acid groups (broad SMARTS) is 1. The summed E-state index contributed by atoms with van der Waals surface area (Å²) in [5.41, 5.74) is 1.16. The zero-order valence-corrected chi connectivity index (χ0v) is 23.4. The third kappa shape index (κ3) is 6.20. The number of hydrogen-bond acceptors (Lipinski definition) is 7. The summed E-state index contributed by atoms with van der Waals surface area (Å²) in [6.07, 6.45) is 2.40. The number of aliphatic carboxylic acids is 1. The maximum Gasteiger partial charge on any atom is 0.326 e. The number of carbonyl (C=O) groups excluding carboxylic acids is 3. The van der Waals surface area contributed by atoms with Crippen molar-refractivity contribution in [2.75, 3.05) is 18.4 Å². The second-order valence-electron chi connectivity index (χ2n) is 9.82. The van der Waals surface area contributed by atoms with Gasteiger partial charge in [-0.2, -0.15) is 0 Å². The van der Waals surface area contributed by atoms with Crippen molar-refractivity contribution in [1.82, 2.24) is 19.8 Å². The highest BCUT2D eigenvalue weighted by atomic mass is 32.1. The predicted octanol–water partition coefficient (Wildman–Crippen LogP) is 4.00. The van der Waals surface area contributed by atoms with Gasteiger partial charge in [-0.1, -0.05) is 60.8 Å². The SMILES string of the molecule is CCC(CC)(C(=O)N[C@@H](Cc1ccc(NC(=O)c2snnc2-c2ccccc2)cc1)C(=O)O)C(=O)N1CCCC1. The second kappa shape index (κ2) is 12.8. The van der Waals surface area contributed by atoms with Crippen LogP contribution >= 0.6 is 11.5 Å². The Morgan fingerprint density at radius 2 is 1.65 bits per heavy atom. The quantitative estimate of drug-likeness (QED) is 0.300. The molecule has 1 aromatic heterocycles. The average molecular weight is 564 g/mol. The summed E-state index contributed by atoms with van der Waals surface area (Å²) in [6.45, 7) is 4.80. The third-order valence-corrected chi connectivity index (χ3v) is 8.17. The third-order valence-electron chi connectivity index (χ3n) is 7.44. The van der Waals surface area contributed by atoms with Crippen LogP contribution in [0.5, 0.6) is 0 Å². The molecule has 0 saturated carbocycles. The van der Waals surface area contributed by atoms with Crippen molar-refractivity contribution in [2.45, 2.75) is 52.0 Å². The first-order valence-corrected chi connectivity index (χ1v) is 14.2. The van der Waals surface area contributed by atoms with Crippen LogP contribution < -0.4 is 10.6 Å². The molecule has 0 aliphatic carbocycles. The molecule has 1 atom stereocenters. The first-order chi connectivity index (χ1) is 19.3. The standard InChI is InChI=1S/C29H33N5O5S/c1-3-29(4-2,28(39)34-16-8-9-17-34)27(38)31-22(26(36)37)18-19-12-14-21(15-13-19)30-25(35)24-23(32-33-40-24)20-10-6-5-7-11-20/h5-7,10-15,22H,3-4,8-9,16-18H2,1-2H3,(H,30,35)(H,31,38)(H,36,37)/t22-/m0/s1. The van der Waals surface area contributed by atoms with Gasteiger partial charge in [0.25, 0.3) is 5.91 Å². The van der Waals surface area contributed by atoms with Crippen molar-refractivity contribution in [3.8, 4) is 11.3 Å². The van der Waals surface area contributed by atoms with E-state index in [1.165, 1.54) is 0 Å². The highest BCUT2D eigenvalue weighted by molar-refractivity contribution is 7.08. The lowest BCUT2D eigenvalue weighted by Crippen LogP contribution is -2.55. The lowest BCUT2D eigenvalue weighted by molar-refractivity contribution is -0.153. The molecule has 0 unspecified atom stereocenters. The lowest BCUT2D eigenvalue weighted by atomic mass is 9.79. The first kappa shape index (κ1) is 28.9. The summed E-state index contributed by atoms with van der Waals surface area (Å²) in [5.74, 6) is -2.33. The van der Waals surface area contributed by atoms with Crippen molar-refractivity contribution in [3.63, 3.8) is 0 Å². The van der Waals surface area contributed by atoms with Gasteiger partial charge in [-0.05, 0) is 54.9 Å². The number of benzene rings is 2. The molecule has 3 amide bonds. The largest absolute Gasteiger partial charge is 0.480 e. The van der Waals surface area contributed by atoms with E-state index in [9.17, 15) is 24.3 Å². The molecule has 210 valence electrons. The van der Waals surface area contributed by atoms with Gasteiger partial charge in [-0.25, -0.2) is 4.79 Å². The smallest absolute Gasteiger partial charge is 0.326 e. The van der Waals surface area contributed by atoms with Crippen molar-refractivity contribution >= 4 is 40.9 Å². The zero-order valence-electron chi connectivity index (χ0n) is 22.6. The fourth-order valence-electron chi connectivity index (χ4n) is 4.96. The van der Waals surface area contributed by atoms with Crippen LogP contribution in [0.3, 0.4) is 0 Å². The molecule has 3 aromatic rings. The van der Waals surface area contributed by atoms with Crippen LogP contribution in [0, 0.1) is 5.41 Å². The molecule has 2 heterocycles. The maximum absolute atomic E-state index is 13.4. The van der Waals surface area contributed by atoms with Gasteiger partial charge in [-0.3, -0.25) is 14.4 Å². The van der Waals surface area contributed by atoms with Crippen LogP contribution in [0.25, 0.3) is 11.3 Å². The van der Waals surface area contributed by atoms with Crippen LogP contribution in [0.15, 0.2) is 54.6 Å². The molecule has 1 aliphatic rings. The van der Waals surface area contributed by atoms with Crippen LogP contribution in [-0.4, -0.2) is 62.4 Å². The van der Waals surface area contributed by atoms with Gasteiger partial charge in [0.2, 0.25) is 11.8 Å². The lowest BCUT2D eigenvalue weighted by Gasteiger charge is -2.34. The Kier molecular flexibility index (Phi) is 9.26. The molecule has 40 heavy (non-hydrogen) atoms. The second-order valence-corrected chi connectivity index (χ2v) is 10.6. The summed E-state index contributed by atoms with van der Waals surface area (Å²) >= 11 is 1.00. The van der Waals surface area contributed by atoms with Crippen LogP contribution in [0.1, 0.15) is 54.8 Å². The van der Waals surface area contributed by atoms with Gasteiger partial charge in [0.05, 0.1) is 0 Å². The molecule has 11 heteroatoms. The van der Waals surface area contributed by atoms with Gasteiger partial charge >= 0.3 is 5.97 Å². The Hall–Kier alpha value is -4.12. The fraction of sp³-hybridized carbons (Fsp3) is 0.379. The van der Waals surface area contributed by atoms with Gasteiger partial charge in [0, 0.05) is 30.8 Å². The Morgan fingerprint density at radius 3 is 2.25 bits per heavy atom. The van der Waals surface area contributed by atoms with E-state index in [4.69, 9.17) is 0 Å². The molecule has 1 aliphatic heterocycles. The number of anilines is 1. The van der Waals surface area contributed by atoms with E-state index in [0.717, 1.165) is 29.9 Å². The van der Waals surface area contributed by atoms with Crippen LogP contribution in [0.2, 0.25) is 0 Å². The van der Waals surface area contributed by atoms with E-state index >= 15 is 0 Å². The molecular weight excluding hydrogens is 530 g/mol. The summed E-state index contributed by atoms with van der Waals surface area (Å²) in [6, 6.07) is 14.8. The molecule has 0 radical (unpaired) electrons. The van der Waals surface area contributed by atoms with E-state index < -0.39 is 23.3 Å². The van der Waals surface area contributed by atoms with E-state index in [0.29, 0.717) is 34.9 Å². The number of amides is 3. The molecule has 0 bridgehead atoms. The summed E-state index contributed by atoms with van der Waals surface area (Å²) < 4.78 is 3.93. The van der Waals surface area contributed by atoms with E-state index in [2.05, 4.69) is 20.2 Å². The monoisotopic (exact) mass is 563 g/mol. The van der Waals surface area contributed by atoms with E-state index in [1.807, 2.05) is 30.3 Å². The molecule has 4 rings (SSSR count). The van der Waals surface area contributed by atoms with Crippen molar-refractivity contribution in [3.05, 3.63) is 65.0 Å². The highest BCUT2D eigenvalue weighted by Crippen LogP contribution is 2.31. The highest BCUT2D eigenvalue weighted by Gasteiger charge is 2.46. The first-order valence-electron chi connectivity index (χ1n) is 13.4. The predicted molar refractivity (Wildman–Crippen MR) is 152 cm³/mol. The molecule has 1 fully saturated rings. The van der Waals surface area contributed by atoms with Gasteiger partial charge in [-0.15, -0.1) is 5.10 Å². The Labute approximate surface area is 237 Å². The number of rotatable bonds is 11. The Bertz CT molecular complexity index is 1350. The molecular formula is C29H33N5O5S. The van der Waals surface area contributed by atoms with Crippen LogP contribution in [0.4, 0.5) is 5.69 Å². The number of carboxylic acids is 1. The molecule has 0 spiro atoms. The minimum absolute atomic E-state index is 0.0215. The molecule has 3 N–H and O–H groups in total. The number of likely N-dealkylation sites (tertiary alicyclic amines) is 1. The topological polar surface area (TPSA) is 142 Å². The van der Waals surface area contributed by atoms with Crippen molar-refractivity contribution < 1.29 is 24.3 Å². The molecule has 10 nitrogen and oxygen atoms in total. The minimum atomic E-state index is -1.30.